The second-order valence-electron chi connectivity index (χ2n) is 5.35. The van der Waals surface area contributed by atoms with Gasteiger partial charge in [-0.1, -0.05) is 17.3 Å². The largest absolute Gasteiger partial charge is 0.493 e. The zero-order valence-electron chi connectivity index (χ0n) is 12.8. The number of rotatable bonds is 4. The third kappa shape index (κ3) is 2.81. The van der Waals surface area contributed by atoms with Gasteiger partial charge in [0, 0.05) is 13.1 Å². The highest BCUT2D eigenvalue weighted by Gasteiger charge is 2.32. The van der Waals surface area contributed by atoms with Crippen LogP contribution in [-0.4, -0.2) is 40.6 Å². The van der Waals surface area contributed by atoms with E-state index in [1.54, 1.807) is 13.0 Å². The van der Waals surface area contributed by atoms with Gasteiger partial charge in [-0.3, -0.25) is 4.79 Å². The Morgan fingerprint density at radius 2 is 2.27 bits per heavy atom. The lowest BCUT2D eigenvalue weighted by Gasteiger charge is -2.18. The monoisotopic (exact) mass is 301 g/mol. The Kier molecular flexibility index (Phi) is 4.09. The molecule has 2 aromatic rings. The maximum atomic E-state index is 12.7. The topological polar surface area (TPSA) is 68.5 Å². The molecule has 1 aromatic heterocycles. The van der Waals surface area contributed by atoms with Crippen LogP contribution < -0.4 is 4.74 Å². The number of aromatic nitrogens is 2. The maximum Gasteiger partial charge on any atom is 0.257 e. The Morgan fingerprint density at radius 1 is 1.45 bits per heavy atom. The first-order valence-corrected chi connectivity index (χ1v) is 7.50. The van der Waals surface area contributed by atoms with E-state index in [-0.39, 0.29) is 11.8 Å². The molecule has 1 aliphatic rings. The van der Waals surface area contributed by atoms with Gasteiger partial charge in [0.2, 0.25) is 5.89 Å². The summed E-state index contributed by atoms with van der Waals surface area (Å²) in [7, 11) is 0. The van der Waals surface area contributed by atoms with Crippen molar-refractivity contribution in [3.8, 4) is 5.75 Å². The lowest BCUT2D eigenvalue weighted by molar-refractivity contribution is 0.0785. The van der Waals surface area contributed by atoms with E-state index in [1.165, 1.54) is 0 Å². The third-order valence-corrected chi connectivity index (χ3v) is 3.79. The van der Waals surface area contributed by atoms with Crippen molar-refractivity contribution in [3.63, 3.8) is 0 Å². The van der Waals surface area contributed by atoms with Gasteiger partial charge >= 0.3 is 0 Å². The first-order valence-electron chi connectivity index (χ1n) is 7.50. The molecule has 2 heterocycles. The number of carbonyl (C=O) groups is 1. The van der Waals surface area contributed by atoms with Crippen LogP contribution >= 0.6 is 0 Å². The van der Waals surface area contributed by atoms with E-state index in [4.69, 9.17) is 9.26 Å². The van der Waals surface area contributed by atoms with Gasteiger partial charge in [0.15, 0.2) is 5.82 Å². The minimum Gasteiger partial charge on any atom is -0.493 e. The van der Waals surface area contributed by atoms with Crippen molar-refractivity contribution in [2.24, 2.45) is 0 Å². The van der Waals surface area contributed by atoms with Gasteiger partial charge in [0.05, 0.1) is 18.1 Å². The van der Waals surface area contributed by atoms with E-state index in [2.05, 4.69) is 10.1 Å². The highest BCUT2D eigenvalue weighted by atomic mass is 16.5. The molecule has 1 aromatic carbocycles. The van der Waals surface area contributed by atoms with E-state index in [9.17, 15) is 4.79 Å². The zero-order chi connectivity index (χ0) is 15.5. The molecule has 6 nitrogen and oxygen atoms in total. The average molecular weight is 301 g/mol. The van der Waals surface area contributed by atoms with Crippen LogP contribution in [0.15, 0.2) is 28.8 Å². The van der Waals surface area contributed by atoms with E-state index in [0.717, 1.165) is 6.42 Å². The predicted octanol–water partition coefficient (Wildman–Crippen LogP) is 2.41. The first kappa shape index (κ1) is 14.6. The number of amides is 1. The van der Waals surface area contributed by atoms with Crippen molar-refractivity contribution >= 4 is 5.91 Å². The number of likely N-dealkylation sites (tertiary alicyclic amines) is 1. The lowest BCUT2D eigenvalue weighted by atomic mass is 10.1. The number of hydrogen-bond acceptors (Lipinski definition) is 5. The average Bonchev–Trinajstić information content (AvgIpc) is 3.16. The lowest BCUT2D eigenvalue weighted by Crippen LogP contribution is -2.28. The minimum absolute atomic E-state index is 0.0113. The molecule has 1 saturated heterocycles. The zero-order valence-corrected chi connectivity index (χ0v) is 12.8. The molecular weight excluding hydrogens is 282 g/mol. The summed E-state index contributed by atoms with van der Waals surface area (Å²) in [6.45, 7) is 5.52. The molecule has 0 N–H and O–H groups in total. The molecule has 1 aliphatic heterocycles. The Bertz CT molecular complexity index is 668. The number of nitrogens with zero attached hydrogens (tertiary/aromatic N) is 3. The third-order valence-electron chi connectivity index (χ3n) is 3.79. The molecule has 0 aliphatic carbocycles. The summed E-state index contributed by atoms with van der Waals surface area (Å²) in [5.41, 5.74) is 0.603. The van der Waals surface area contributed by atoms with Crippen LogP contribution in [-0.2, 0) is 0 Å². The molecule has 0 spiro atoms. The molecule has 1 amide bonds. The van der Waals surface area contributed by atoms with Crippen LogP contribution in [0.1, 0.15) is 41.3 Å². The molecule has 0 unspecified atom stereocenters. The standard InChI is InChI=1S/C16H19N3O3/c1-3-21-14-7-5-4-6-13(14)16(20)19-9-8-12(10-19)15-17-11(2)18-22-15/h4-7,12H,3,8-10H2,1-2H3/t12-/m1/s1. The summed E-state index contributed by atoms with van der Waals surface area (Å²) in [6, 6.07) is 7.35. The van der Waals surface area contributed by atoms with Crippen molar-refractivity contribution in [1.82, 2.24) is 15.0 Å². The second kappa shape index (κ2) is 6.17. The van der Waals surface area contributed by atoms with Gasteiger partial charge in [0.1, 0.15) is 5.75 Å². The number of ether oxygens (including phenoxy) is 1. The van der Waals surface area contributed by atoms with Crippen molar-refractivity contribution in [1.29, 1.82) is 0 Å². The van der Waals surface area contributed by atoms with Gasteiger partial charge < -0.3 is 14.2 Å². The van der Waals surface area contributed by atoms with Gasteiger partial charge in [-0.15, -0.1) is 0 Å². The number of benzene rings is 1. The Labute approximate surface area is 129 Å². The van der Waals surface area contributed by atoms with E-state index < -0.39 is 0 Å². The van der Waals surface area contributed by atoms with Crippen LogP contribution in [0, 0.1) is 6.92 Å². The van der Waals surface area contributed by atoms with Gasteiger partial charge in [-0.25, -0.2) is 0 Å². The molecule has 0 saturated carbocycles. The number of para-hydroxylation sites is 1. The quantitative estimate of drug-likeness (QED) is 0.867. The van der Waals surface area contributed by atoms with Crippen LogP contribution in [0.4, 0.5) is 0 Å². The van der Waals surface area contributed by atoms with Crippen molar-refractivity contribution < 1.29 is 14.1 Å². The van der Waals surface area contributed by atoms with Crippen molar-refractivity contribution in [2.75, 3.05) is 19.7 Å². The Morgan fingerprint density at radius 3 is 3.00 bits per heavy atom. The number of aryl methyl sites for hydroxylation is 1. The predicted molar refractivity (Wildman–Crippen MR) is 79.9 cm³/mol. The van der Waals surface area contributed by atoms with Crippen LogP contribution in [0.3, 0.4) is 0 Å². The van der Waals surface area contributed by atoms with Gasteiger partial charge in [0.25, 0.3) is 5.91 Å². The van der Waals surface area contributed by atoms with E-state index in [1.807, 2.05) is 30.0 Å². The molecule has 3 rings (SSSR count). The fourth-order valence-corrected chi connectivity index (χ4v) is 2.72. The smallest absolute Gasteiger partial charge is 0.257 e. The fraction of sp³-hybridized carbons (Fsp3) is 0.438. The van der Waals surface area contributed by atoms with Crippen LogP contribution in [0.5, 0.6) is 5.75 Å². The fourth-order valence-electron chi connectivity index (χ4n) is 2.72. The summed E-state index contributed by atoms with van der Waals surface area (Å²) in [5.74, 6) is 1.98. The summed E-state index contributed by atoms with van der Waals surface area (Å²) in [4.78, 5) is 18.8. The molecule has 116 valence electrons. The summed E-state index contributed by atoms with van der Waals surface area (Å²) < 4.78 is 10.8. The van der Waals surface area contributed by atoms with Crippen LogP contribution in [0.2, 0.25) is 0 Å². The molecule has 1 fully saturated rings. The summed E-state index contributed by atoms with van der Waals surface area (Å²) in [6.07, 6.45) is 0.837. The number of carbonyl (C=O) groups excluding carboxylic acids is 1. The van der Waals surface area contributed by atoms with Gasteiger partial charge in [-0.05, 0) is 32.4 Å². The molecule has 22 heavy (non-hydrogen) atoms. The SMILES string of the molecule is CCOc1ccccc1C(=O)N1CC[C@@H](c2nc(C)no2)C1. The van der Waals surface area contributed by atoms with Crippen molar-refractivity contribution in [2.45, 2.75) is 26.2 Å². The molecule has 6 heteroatoms. The van der Waals surface area contributed by atoms with E-state index >= 15 is 0 Å². The summed E-state index contributed by atoms with van der Waals surface area (Å²) in [5, 5.41) is 3.82. The summed E-state index contributed by atoms with van der Waals surface area (Å²) >= 11 is 0. The van der Waals surface area contributed by atoms with Gasteiger partial charge in [-0.2, -0.15) is 4.98 Å². The normalized spacial score (nSPS) is 17.7. The second-order valence-corrected chi connectivity index (χ2v) is 5.35. The molecule has 0 radical (unpaired) electrons. The molecule has 0 bridgehead atoms. The minimum atomic E-state index is -0.0113. The first-order chi connectivity index (χ1) is 10.7. The Hall–Kier alpha value is -2.37. The van der Waals surface area contributed by atoms with Crippen LogP contribution in [0.25, 0.3) is 0 Å². The highest BCUT2D eigenvalue weighted by molar-refractivity contribution is 5.97. The van der Waals surface area contributed by atoms with E-state index in [0.29, 0.717) is 42.7 Å². The maximum absolute atomic E-state index is 12.7. The van der Waals surface area contributed by atoms with Crippen molar-refractivity contribution in [3.05, 3.63) is 41.5 Å². The molecular formula is C16H19N3O3. The number of hydrogen-bond donors (Lipinski definition) is 0. The Balaban J connectivity index is 1.74. The highest BCUT2D eigenvalue weighted by Crippen LogP contribution is 2.29. The molecule has 1 atom stereocenters.